The molecule has 98 valence electrons. The first kappa shape index (κ1) is 13.4. The minimum Gasteiger partial charge on any atom is -0.481 e. The maximum atomic E-state index is 5.38. The predicted molar refractivity (Wildman–Crippen MR) is 79.2 cm³/mol. The fourth-order valence-corrected chi connectivity index (χ4v) is 2.88. The predicted octanol–water partition coefficient (Wildman–Crippen LogP) is 3.42. The van der Waals surface area contributed by atoms with E-state index in [1.54, 1.807) is 7.11 Å². The molecule has 0 bridgehead atoms. The standard InChI is InChI=1S/C12H17N3OS2/c1-8(6-7-18-3)15-11-9(13-12(15)17)4-5-10(14-11)16-2/h4-5,8H,6-7H2,1-3H3,(H,13,17). The van der Waals surface area contributed by atoms with Gasteiger partial charge in [-0.3, -0.25) is 4.57 Å². The molecule has 2 aromatic heterocycles. The first-order chi connectivity index (χ1) is 8.67. The molecule has 0 radical (unpaired) electrons. The molecule has 0 spiro atoms. The number of ether oxygens (including phenoxy) is 1. The Morgan fingerprint density at radius 2 is 2.33 bits per heavy atom. The fraction of sp³-hybridized carbons (Fsp3) is 0.500. The summed E-state index contributed by atoms with van der Waals surface area (Å²) in [4.78, 5) is 7.67. The third kappa shape index (κ3) is 2.54. The van der Waals surface area contributed by atoms with E-state index in [0.29, 0.717) is 11.9 Å². The van der Waals surface area contributed by atoms with E-state index in [1.807, 2.05) is 23.9 Å². The molecule has 1 N–H and O–H groups in total. The summed E-state index contributed by atoms with van der Waals surface area (Å²) >= 11 is 7.22. The largest absolute Gasteiger partial charge is 0.481 e. The summed E-state index contributed by atoms with van der Waals surface area (Å²) in [6.07, 6.45) is 3.18. The van der Waals surface area contributed by atoms with E-state index in [1.165, 1.54) is 0 Å². The highest BCUT2D eigenvalue weighted by molar-refractivity contribution is 7.98. The molecule has 4 nitrogen and oxygen atoms in total. The highest BCUT2D eigenvalue weighted by Gasteiger charge is 2.12. The van der Waals surface area contributed by atoms with Crippen LogP contribution in [0.15, 0.2) is 12.1 Å². The van der Waals surface area contributed by atoms with Gasteiger partial charge in [-0.25, -0.2) is 0 Å². The van der Waals surface area contributed by atoms with E-state index < -0.39 is 0 Å². The SMILES string of the molecule is COc1ccc2[nH]c(=S)n(C(C)CCSC)c2n1. The lowest BCUT2D eigenvalue weighted by atomic mass is 10.2. The minimum absolute atomic E-state index is 0.332. The average molecular weight is 283 g/mol. The van der Waals surface area contributed by atoms with Crippen molar-refractivity contribution in [3.8, 4) is 5.88 Å². The summed E-state index contributed by atoms with van der Waals surface area (Å²) in [5.74, 6) is 1.72. The summed E-state index contributed by atoms with van der Waals surface area (Å²) in [7, 11) is 1.62. The zero-order valence-electron chi connectivity index (χ0n) is 10.8. The second-order valence-electron chi connectivity index (χ2n) is 4.16. The van der Waals surface area contributed by atoms with Crippen molar-refractivity contribution in [3.05, 3.63) is 16.9 Å². The van der Waals surface area contributed by atoms with E-state index in [2.05, 4.69) is 27.7 Å². The second kappa shape index (κ2) is 5.75. The lowest BCUT2D eigenvalue weighted by Gasteiger charge is -2.13. The Kier molecular flexibility index (Phi) is 4.29. The lowest BCUT2D eigenvalue weighted by molar-refractivity contribution is 0.398. The molecular weight excluding hydrogens is 266 g/mol. The van der Waals surface area contributed by atoms with E-state index in [0.717, 1.165) is 28.1 Å². The monoisotopic (exact) mass is 283 g/mol. The molecule has 0 amide bonds. The number of methoxy groups -OCH3 is 1. The van der Waals surface area contributed by atoms with Gasteiger partial charge < -0.3 is 9.72 Å². The summed E-state index contributed by atoms with van der Waals surface area (Å²) < 4.78 is 7.97. The number of H-pyrrole nitrogens is 1. The molecule has 6 heteroatoms. The molecule has 2 rings (SSSR count). The number of rotatable bonds is 5. The zero-order chi connectivity index (χ0) is 13.1. The van der Waals surface area contributed by atoms with Crippen LogP contribution in [0.2, 0.25) is 0 Å². The van der Waals surface area contributed by atoms with Crippen LogP contribution in [-0.2, 0) is 0 Å². The Bertz CT molecular complexity index is 591. The van der Waals surface area contributed by atoms with Crippen LogP contribution < -0.4 is 4.74 Å². The van der Waals surface area contributed by atoms with Gasteiger partial charge in [0.1, 0.15) is 0 Å². The van der Waals surface area contributed by atoms with E-state index in [9.17, 15) is 0 Å². The minimum atomic E-state index is 0.332. The summed E-state index contributed by atoms with van der Waals surface area (Å²) in [6, 6.07) is 4.12. The van der Waals surface area contributed by atoms with Gasteiger partial charge in [-0.05, 0) is 43.6 Å². The number of nitrogens with zero attached hydrogens (tertiary/aromatic N) is 2. The van der Waals surface area contributed by atoms with Gasteiger partial charge in [0.25, 0.3) is 0 Å². The van der Waals surface area contributed by atoms with Crippen LogP contribution in [0.5, 0.6) is 5.88 Å². The van der Waals surface area contributed by atoms with Crippen LogP contribution >= 0.6 is 24.0 Å². The van der Waals surface area contributed by atoms with Gasteiger partial charge >= 0.3 is 0 Å². The van der Waals surface area contributed by atoms with Crippen molar-refractivity contribution in [2.45, 2.75) is 19.4 Å². The highest BCUT2D eigenvalue weighted by atomic mass is 32.2. The molecular formula is C12H17N3OS2. The fourth-order valence-electron chi connectivity index (χ4n) is 1.92. The Balaban J connectivity index is 2.47. The van der Waals surface area contributed by atoms with Gasteiger partial charge in [-0.15, -0.1) is 0 Å². The molecule has 0 aromatic carbocycles. The van der Waals surface area contributed by atoms with Crippen LogP contribution in [-0.4, -0.2) is 33.7 Å². The first-order valence-electron chi connectivity index (χ1n) is 5.81. The van der Waals surface area contributed by atoms with Crippen molar-refractivity contribution in [3.63, 3.8) is 0 Å². The number of fused-ring (bicyclic) bond motifs is 1. The Hall–Kier alpha value is -1.01. The van der Waals surface area contributed by atoms with Crippen molar-refractivity contribution in [1.82, 2.24) is 14.5 Å². The molecule has 0 aliphatic rings. The van der Waals surface area contributed by atoms with Crippen molar-refractivity contribution < 1.29 is 4.74 Å². The van der Waals surface area contributed by atoms with Crippen LogP contribution in [0, 0.1) is 4.77 Å². The van der Waals surface area contributed by atoms with Crippen LogP contribution in [0.4, 0.5) is 0 Å². The molecule has 0 aliphatic heterocycles. The number of hydrogen-bond donors (Lipinski definition) is 1. The summed E-state index contributed by atoms with van der Waals surface area (Å²) in [5, 5.41) is 0. The molecule has 1 unspecified atom stereocenters. The molecule has 0 saturated carbocycles. The number of imidazole rings is 1. The number of aromatic amines is 1. The van der Waals surface area contributed by atoms with Crippen molar-refractivity contribution in [2.75, 3.05) is 19.1 Å². The van der Waals surface area contributed by atoms with Crippen LogP contribution in [0.25, 0.3) is 11.2 Å². The smallest absolute Gasteiger partial charge is 0.215 e. The van der Waals surface area contributed by atoms with Crippen molar-refractivity contribution in [1.29, 1.82) is 0 Å². The molecule has 0 fully saturated rings. The third-order valence-corrected chi connectivity index (χ3v) is 3.87. The molecule has 0 aliphatic carbocycles. The molecule has 1 atom stereocenters. The van der Waals surface area contributed by atoms with Gasteiger partial charge in [0, 0.05) is 12.1 Å². The Morgan fingerprint density at radius 3 is 3.00 bits per heavy atom. The molecule has 18 heavy (non-hydrogen) atoms. The lowest BCUT2D eigenvalue weighted by Crippen LogP contribution is -2.07. The topological polar surface area (TPSA) is 42.8 Å². The van der Waals surface area contributed by atoms with Crippen molar-refractivity contribution in [2.24, 2.45) is 0 Å². The van der Waals surface area contributed by atoms with Gasteiger partial charge in [-0.2, -0.15) is 16.7 Å². The summed E-state index contributed by atoms with van der Waals surface area (Å²) in [5.41, 5.74) is 1.82. The van der Waals surface area contributed by atoms with Gasteiger partial charge in [-0.1, -0.05) is 0 Å². The number of hydrogen-bond acceptors (Lipinski definition) is 4. The number of aromatic nitrogens is 3. The van der Waals surface area contributed by atoms with Crippen LogP contribution in [0.1, 0.15) is 19.4 Å². The number of nitrogens with one attached hydrogen (secondary N) is 1. The van der Waals surface area contributed by atoms with Gasteiger partial charge in [0.2, 0.25) is 5.88 Å². The second-order valence-corrected chi connectivity index (χ2v) is 5.53. The number of thioether (sulfide) groups is 1. The van der Waals surface area contributed by atoms with E-state index >= 15 is 0 Å². The van der Waals surface area contributed by atoms with Gasteiger partial charge in [0.15, 0.2) is 10.4 Å². The maximum absolute atomic E-state index is 5.38. The average Bonchev–Trinajstić information content (AvgIpc) is 2.70. The molecule has 0 saturated heterocycles. The molecule has 2 aromatic rings. The van der Waals surface area contributed by atoms with Gasteiger partial charge in [0.05, 0.1) is 12.6 Å². The number of pyridine rings is 1. The van der Waals surface area contributed by atoms with E-state index in [4.69, 9.17) is 17.0 Å². The Labute approximate surface area is 116 Å². The highest BCUT2D eigenvalue weighted by Crippen LogP contribution is 2.22. The first-order valence-corrected chi connectivity index (χ1v) is 7.61. The summed E-state index contributed by atoms with van der Waals surface area (Å²) in [6.45, 7) is 2.17. The van der Waals surface area contributed by atoms with E-state index in [-0.39, 0.29) is 0 Å². The Morgan fingerprint density at radius 1 is 1.56 bits per heavy atom. The van der Waals surface area contributed by atoms with Crippen molar-refractivity contribution >= 4 is 35.1 Å². The molecule has 2 heterocycles. The zero-order valence-corrected chi connectivity index (χ0v) is 12.4. The van der Waals surface area contributed by atoms with Crippen LogP contribution in [0.3, 0.4) is 0 Å². The normalized spacial score (nSPS) is 12.8. The quantitative estimate of drug-likeness (QED) is 0.854. The maximum Gasteiger partial charge on any atom is 0.215 e. The third-order valence-electron chi connectivity index (χ3n) is 2.93.